The minimum absolute atomic E-state index is 0.146. The van der Waals surface area contributed by atoms with E-state index in [1.54, 1.807) is 0 Å². The highest BCUT2D eigenvalue weighted by Crippen LogP contribution is 2.22. The van der Waals surface area contributed by atoms with Crippen molar-refractivity contribution in [3.63, 3.8) is 0 Å². The fourth-order valence-electron chi connectivity index (χ4n) is 1.31. The SMILES string of the molecule is C=CC(=O)Nc1ccc(OC(C)C)cc1C. The highest BCUT2D eigenvalue weighted by Gasteiger charge is 2.04. The van der Waals surface area contributed by atoms with Crippen LogP contribution in [0.5, 0.6) is 5.75 Å². The molecule has 86 valence electrons. The molecule has 1 aromatic carbocycles. The van der Waals surface area contributed by atoms with Crippen LogP contribution in [-0.2, 0) is 4.79 Å². The van der Waals surface area contributed by atoms with Crippen LogP contribution in [0.3, 0.4) is 0 Å². The van der Waals surface area contributed by atoms with Gasteiger partial charge in [-0.15, -0.1) is 0 Å². The Hall–Kier alpha value is -1.77. The number of anilines is 1. The van der Waals surface area contributed by atoms with E-state index in [4.69, 9.17) is 4.74 Å². The molecule has 1 rings (SSSR count). The van der Waals surface area contributed by atoms with Gasteiger partial charge in [0.1, 0.15) is 5.75 Å². The summed E-state index contributed by atoms with van der Waals surface area (Å²) in [6.07, 6.45) is 1.39. The molecular formula is C13H17NO2. The molecule has 3 nitrogen and oxygen atoms in total. The van der Waals surface area contributed by atoms with Crippen molar-refractivity contribution in [2.24, 2.45) is 0 Å². The fourth-order valence-corrected chi connectivity index (χ4v) is 1.31. The van der Waals surface area contributed by atoms with Crippen LogP contribution in [0.2, 0.25) is 0 Å². The van der Waals surface area contributed by atoms with Crippen LogP contribution in [0, 0.1) is 6.92 Å². The van der Waals surface area contributed by atoms with E-state index in [1.165, 1.54) is 6.08 Å². The molecular weight excluding hydrogens is 202 g/mol. The summed E-state index contributed by atoms with van der Waals surface area (Å²) < 4.78 is 5.55. The number of ether oxygens (including phenoxy) is 1. The predicted octanol–water partition coefficient (Wildman–Crippen LogP) is 2.91. The summed E-state index contributed by atoms with van der Waals surface area (Å²) in [5.41, 5.74) is 1.74. The molecule has 0 atom stereocenters. The van der Waals surface area contributed by atoms with E-state index in [0.717, 1.165) is 17.0 Å². The highest BCUT2D eigenvalue weighted by molar-refractivity contribution is 5.99. The molecule has 1 amide bonds. The Labute approximate surface area is 96.1 Å². The fraction of sp³-hybridized carbons (Fsp3) is 0.308. The van der Waals surface area contributed by atoms with Crippen LogP contribution in [0.1, 0.15) is 19.4 Å². The first-order valence-electron chi connectivity index (χ1n) is 5.23. The third-order valence-corrected chi connectivity index (χ3v) is 2.01. The summed E-state index contributed by atoms with van der Waals surface area (Å²) in [5.74, 6) is 0.602. The van der Waals surface area contributed by atoms with Crippen molar-refractivity contribution in [1.29, 1.82) is 0 Å². The second-order valence-electron chi connectivity index (χ2n) is 3.84. The highest BCUT2D eigenvalue weighted by atomic mass is 16.5. The minimum Gasteiger partial charge on any atom is -0.491 e. The second kappa shape index (κ2) is 5.35. The van der Waals surface area contributed by atoms with Crippen LogP contribution < -0.4 is 10.1 Å². The number of hydrogen-bond acceptors (Lipinski definition) is 2. The van der Waals surface area contributed by atoms with Crippen LogP contribution in [0.4, 0.5) is 5.69 Å². The molecule has 0 heterocycles. The van der Waals surface area contributed by atoms with Gasteiger partial charge < -0.3 is 10.1 Å². The summed E-state index contributed by atoms with van der Waals surface area (Å²) in [4.78, 5) is 11.1. The van der Waals surface area contributed by atoms with Gasteiger partial charge in [0.25, 0.3) is 0 Å². The van der Waals surface area contributed by atoms with E-state index in [1.807, 2.05) is 39.0 Å². The van der Waals surface area contributed by atoms with Crippen molar-refractivity contribution in [3.8, 4) is 5.75 Å². The van der Waals surface area contributed by atoms with Gasteiger partial charge in [0.2, 0.25) is 5.91 Å². The summed E-state index contributed by atoms with van der Waals surface area (Å²) in [5, 5.41) is 2.73. The molecule has 0 aliphatic carbocycles. The summed E-state index contributed by atoms with van der Waals surface area (Å²) in [6.45, 7) is 9.28. The van der Waals surface area contributed by atoms with Crippen LogP contribution in [-0.4, -0.2) is 12.0 Å². The number of nitrogens with one attached hydrogen (secondary N) is 1. The summed E-state index contributed by atoms with van der Waals surface area (Å²) >= 11 is 0. The average Bonchev–Trinajstić information content (AvgIpc) is 2.21. The topological polar surface area (TPSA) is 38.3 Å². The van der Waals surface area contributed by atoms with Gasteiger partial charge in [0.15, 0.2) is 0 Å². The van der Waals surface area contributed by atoms with Gasteiger partial charge in [0.05, 0.1) is 6.10 Å². The van der Waals surface area contributed by atoms with E-state index >= 15 is 0 Å². The Morgan fingerprint density at radius 1 is 1.50 bits per heavy atom. The molecule has 0 spiro atoms. The van der Waals surface area contributed by atoms with Gasteiger partial charge in [-0.05, 0) is 50.6 Å². The van der Waals surface area contributed by atoms with Gasteiger partial charge in [-0.1, -0.05) is 6.58 Å². The van der Waals surface area contributed by atoms with Crippen molar-refractivity contribution in [2.45, 2.75) is 26.9 Å². The average molecular weight is 219 g/mol. The lowest BCUT2D eigenvalue weighted by Gasteiger charge is -2.12. The molecule has 0 aliphatic rings. The zero-order chi connectivity index (χ0) is 12.1. The molecule has 0 saturated heterocycles. The van der Waals surface area contributed by atoms with E-state index in [-0.39, 0.29) is 12.0 Å². The molecule has 3 heteroatoms. The molecule has 1 aromatic rings. The molecule has 1 N–H and O–H groups in total. The van der Waals surface area contributed by atoms with Gasteiger partial charge in [0, 0.05) is 5.69 Å². The third-order valence-electron chi connectivity index (χ3n) is 2.01. The summed E-state index contributed by atoms with van der Waals surface area (Å²) in [6, 6.07) is 5.57. The molecule has 0 aliphatic heterocycles. The maximum absolute atomic E-state index is 11.1. The largest absolute Gasteiger partial charge is 0.491 e. The van der Waals surface area contributed by atoms with Crippen LogP contribution in [0.15, 0.2) is 30.9 Å². The standard InChI is InChI=1S/C13H17NO2/c1-5-13(15)14-12-7-6-11(8-10(12)4)16-9(2)3/h5-9H,1H2,2-4H3,(H,14,15). The number of rotatable bonds is 4. The molecule has 0 saturated carbocycles. The number of benzene rings is 1. The van der Waals surface area contributed by atoms with Crippen molar-refractivity contribution in [1.82, 2.24) is 0 Å². The van der Waals surface area contributed by atoms with E-state index in [2.05, 4.69) is 11.9 Å². The smallest absolute Gasteiger partial charge is 0.247 e. The number of carbonyl (C=O) groups is 1. The zero-order valence-electron chi connectivity index (χ0n) is 9.91. The number of carbonyl (C=O) groups excluding carboxylic acids is 1. The minimum atomic E-state index is -0.208. The van der Waals surface area contributed by atoms with E-state index in [0.29, 0.717) is 0 Å². The Balaban J connectivity index is 2.82. The van der Waals surface area contributed by atoms with Gasteiger partial charge >= 0.3 is 0 Å². The van der Waals surface area contributed by atoms with Crippen molar-refractivity contribution in [3.05, 3.63) is 36.4 Å². The normalized spacial score (nSPS) is 10.0. The van der Waals surface area contributed by atoms with Gasteiger partial charge in [-0.2, -0.15) is 0 Å². The Morgan fingerprint density at radius 3 is 2.69 bits per heavy atom. The molecule has 0 unspecified atom stereocenters. The predicted molar refractivity (Wildman–Crippen MR) is 65.8 cm³/mol. The first-order valence-corrected chi connectivity index (χ1v) is 5.23. The third kappa shape index (κ3) is 3.42. The van der Waals surface area contributed by atoms with Crippen LogP contribution in [0.25, 0.3) is 0 Å². The van der Waals surface area contributed by atoms with Gasteiger partial charge in [-0.3, -0.25) is 4.79 Å². The number of amides is 1. The van der Waals surface area contributed by atoms with Gasteiger partial charge in [-0.25, -0.2) is 0 Å². The molecule has 0 radical (unpaired) electrons. The maximum atomic E-state index is 11.1. The monoisotopic (exact) mass is 219 g/mol. The van der Waals surface area contributed by atoms with E-state index < -0.39 is 0 Å². The van der Waals surface area contributed by atoms with Crippen molar-refractivity contribution in [2.75, 3.05) is 5.32 Å². The van der Waals surface area contributed by atoms with Crippen molar-refractivity contribution < 1.29 is 9.53 Å². The second-order valence-corrected chi connectivity index (χ2v) is 3.84. The Kier molecular flexibility index (Phi) is 4.11. The molecule has 0 aromatic heterocycles. The lowest BCUT2D eigenvalue weighted by Crippen LogP contribution is -2.09. The lowest BCUT2D eigenvalue weighted by molar-refractivity contribution is -0.111. The maximum Gasteiger partial charge on any atom is 0.247 e. The Morgan fingerprint density at radius 2 is 2.19 bits per heavy atom. The van der Waals surface area contributed by atoms with E-state index in [9.17, 15) is 4.79 Å². The molecule has 16 heavy (non-hydrogen) atoms. The molecule has 0 fully saturated rings. The number of aryl methyl sites for hydroxylation is 1. The summed E-state index contributed by atoms with van der Waals surface area (Å²) in [7, 11) is 0. The number of hydrogen-bond donors (Lipinski definition) is 1. The van der Waals surface area contributed by atoms with Crippen LogP contribution >= 0.6 is 0 Å². The lowest BCUT2D eigenvalue weighted by atomic mass is 10.2. The zero-order valence-corrected chi connectivity index (χ0v) is 9.91. The quantitative estimate of drug-likeness (QED) is 0.791. The first-order chi connectivity index (χ1) is 7.52. The molecule has 0 bridgehead atoms. The Bertz CT molecular complexity index is 397. The van der Waals surface area contributed by atoms with Crippen molar-refractivity contribution >= 4 is 11.6 Å². The first kappa shape index (κ1) is 12.3.